The van der Waals surface area contributed by atoms with Crippen LogP contribution in [0.15, 0.2) is 0 Å². The molecule has 2 fully saturated rings. The molecule has 0 aromatic heterocycles. The van der Waals surface area contributed by atoms with Crippen molar-refractivity contribution in [2.75, 3.05) is 45.9 Å². The highest BCUT2D eigenvalue weighted by atomic mass is 16.5. The van der Waals surface area contributed by atoms with Crippen molar-refractivity contribution < 1.29 is 9.53 Å². The summed E-state index contributed by atoms with van der Waals surface area (Å²) in [4.78, 5) is 16.4. The zero-order valence-corrected chi connectivity index (χ0v) is 10.7. The van der Waals surface area contributed by atoms with E-state index in [1.165, 1.54) is 0 Å². The Balaban J connectivity index is 1.95. The predicted molar refractivity (Wildman–Crippen MR) is 66.1 cm³/mol. The molecule has 2 saturated heterocycles. The van der Waals surface area contributed by atoms with Gasteiger partial charge >= 0.3 is 6.03 Å². The van der Waals surface area contributed by atoms with Crippen molar-refractivity contribution in [3.63, 3.8) is 0 Å². The summed E-state index contributed by atoms with van der Waals surface area (Å²) in [5.41, 5.74) is 0. The lowest BCUT2D eigenvalue weighted by Crippen LogP contribution is -2.52. The lowest BCUT2D eigenvalue weighted by atomic mass is 10.2. The SMILES string of the molecule is CCCN(C(=O)N1CCOCC1)C1CCNC1. The molecule has 5 nitrogen and oxygen atoms in total. The van der Waals surface area contributed by atoms with E-state index in [1.54, 1.807) is 0 Å². The number of hydrogen-bond acceptors (Lipinski definition) is 3. The van der Waals surface area contributed by atoms with Crippen molar-refractivity contribution in [3.05, 3.63) is 0 Å². The molecule has 0 aliphatic carbocycles. The number of carbonyl (C=O) groups excluding carboxylic acids is 1. The number of amides is 2. The molecule has 1 N–H and O–H groups in total. The highest BCUT2D eigenvalue weighted by Crippen LogP contribution is 2.13. The third-order valence-electron chi connectivity index (χ3n) is 3.47. The summed E-state index contributed by atoms with van der Waals surface area (Å²) >= 11 is 0. The monoisotopic (exact) mass is 241 g/mol. The number of nitrogens with zero attached hydrogens (tertiary/aromatic N) is 2. The van der Waals surface area contributed by atoms with E-state index in [9.17, 15) is 4.79 Å². The van der Waals surface area contributed by atoms with Crippen LogP contribution in [0.4, 0.5) is 4.79 Å². The van der Waals surface area contributed by atoms with E-state index in [1.807, 2.05) is 9.80 Å². The van der Waals surface area contributed by atoms with Gasteiger partial charge in [-0.2, -0.15) is 0 Å². The fourth-order valence-corrected chi connectivity index (χ4v) is 2.52. The van der Waals surface area contributed by atoms with Crippen LogP contribution >= 0.6 is 0 Å². The van der Waals surface area contributed by atoms with Gasteiger partial charge in [-0.1, -0.05) is 6.92 Å². The molecule has 2 rings (SSSR count). The van der Waals surface area contributed by atoms with E-state index in [0.29, 0.717) is 19.3 Å². The van der Waals surface area contributed by atoms with Gasteiger partial charge in [0.1, 0.15) is 0 Å². The van der Waals surface area contributed by atoms with Crippen molar-refractivity contribution >= 4 is 6.03 Å². The molecule has 0 saturated carbocycles. The molecule has 98 valence electrons. The molecule has 5 heteroatoms. The first-order chi connectivity index (χ1) is 8.33. The van der Waals surface area contributed by atoms with E-state index in [-0.39, 0.29) is 6.03 Å². The maximum Gasteiger partial charge on any atom is 0.320 e. The van der Waals surface area contributed by atoms with Crippen LogP contribution in [0.3, 0.4) is 0 Å². The molecule has 0 spiro atoms. The Morgan fingerprint density at radius 2 is 2.24 bits per heavy atom. The minimum Gasteiger partial charge on any atom is -0.378 e. The van der Waals surface area contributed by atoms with Crippen molar-refractivity contribution in [2.24, 2.45) is 0 Å². The van der Waals surface area contributed by atoms with Gasteiger partial charge < -0.3 is 19.9 Å². The van der Waals surface area contributed by atoms with Crippen molar-refractivity contribution in [3.8, 4) is 0 Å². The zero-order chi connectivity index (χ0) is 12.1. The molecule has 0 aromatic rings. The van der Waals surface area contributed by atoms with Crippen LogP contribution < -0.4 is 5.32 Å². The largest absolute Gasteiger partial charge is 0.378 e. The molecular formula is C12H23N3O2. The minimum atomic E-state index is 0.198. The summed E-state index contributed by atoms with van der Waals surface area (Å²) in [7, 11) is 0. The molecule has 2 heterocycles. The molecule has 1 unspecified atom stereocenters. The Bertz CT molecular complexity index is 248. The Kier molecular flexibility index (Phi) is 4.62. The molecule has 1 atom stereocenters. The molecule has 2 aliphatic heterocycles. The number of hydrogen-bond donors (Lipinski definition) is 1. The summed E-state index contributed by atoms with van der Waals surface area (Å²) in [6, 6.07) is 0.578. The van der Waals surface area contributed by atoms with Crippen LogP contribution in [0.5, 0.6) is 0 Å². The number of nitrogens with one attached hydrogen (secondary N) is 1. The van der Waals surface area contributed by atoms with E-state index in [4.69, 9.17) is 4.74 Å². The Morgan fingerprint density at radius 1 is 1.47 bits per heavy atom. The lowest BCUT2D eigenvalue weighted by Gasteiger charge is -2.35. The van der Waals surface area contributed by atoms with Crippen LogP contribution in [0.1, 0.15) is 19.8 Å². The van der Waals surface area contributed by atoms with Crippen molar-refractivity contribution in [2.45, 2.75) is 25.8 Å². The quantitative estimate of drug-likeness (QED) is 0.783. The smallest absolute Gasteiger partial charge is 0.320 e. The second kappa shape index (κ2) is 6.21. The first-order valence-electron chi connectivity index (χ1n) is 6.67. The third kappa shape index (κ3) is 3.10. The number of rotatable bonds is 3. The van der Waals surface area contributed by atoms with E-state index < -0.39 is 0 Å². The molecule has 0 radical (unpaired) electrons. The highest BCUT2D eigenvalue weighted by Gasteiger charge is 2.29. The maximum atomic E-state index is 12.4. The average molecular weight is 241 g/mol. The van der Waals surface area contributed by atoms with Crippen molar-refractivity contribution in [1.82, 2.24) is 15.1 Å². The summed E-state index contributed by atoms with van der Waals surface area (Å²) in [6.45, 7) is 7.78. The normalized spacial score (nSPS) is 25.0. The van der Waals surface area contributed by atoms with Crippen LogP contribution in [-0.4, -0.2) is 67.8 Å². The molecular weight excluding hydrogens is 218 g/mol. The van der Waals surface area contributed by atoms with Gasteiger partial charge in [-0.3, -0.25) is 0 Å². The van der Waals surface area contributed by atoms with Crippen LogP contribution in [0, 0.1) is 0 Å². The van der Waals surface area contributed by atoms with Gasteiger partial charge in [0, 0.05) is 32.2 Å². The maximum absolute atomic E-state index is 12.4. The van der Waals surface area contributed by atoms with Gasteiger partial charge in [-0.05, 0) is 19.4 Å². The first kappa shape index (κ1) is 12.6. The number of urea groups is 1. The predicted octanol–water partition coefficient (Wildman–Crippen LogP) is 0.513. The van der Waals surface area contributed by atoms with Crippen LogP contribution in [0.25, 0.3) is 0 Å². The number of carbonyl (C=O) groups is 1. The minimum absolute atomic E-state index is 0.198. The van der Waals surface area contributed by atoms with Crippen LogP contribution in [0.2, 0.25) is 0 Å². The molecule has 0 aromatic carbocycles. The van der Waals surface area contributed by atoms with Gasteiger partial charge in [-0.15, -0.1) is 0 Å². The Morgan fingerprint density at radius 3 is 2.82 bits per heavy atom. The zero-order valence-electron chi connectivity index (χ0n) is 10.7. The van der Waals surface area contributed by atoms with Crippen LogP contribution in [-0.2, 0) is 4.74 Å². The van der Waals surface area contributed by atoms with Gasteiger partial charge in [0.05, 0.1) is 13.2 Å². The van der Waals surface area contributed by atoms with E-state index in [2.05, 4.69) is 12.2 Å². The van der Waals surface area contributed by atoms with E-state index in [0.717, 1.165) is 45.6 Å². The standard InChI is InChI=1S/C12H23N3O2/c1-2-5-15(11-3-4-13-10-11)12(16)14-6-8-17-9-7-14/h11,13H,2-10H2,1H3. The van der Waals surface area contributed by atoms with Gasteiger partial charge in [0.15, 0.2) is 0 Å². The summed E-state index contributed by atoms with van der Waals surface area (Å²) < 4.78 is 5.29. The number of morpholine rings is 1. The van der Waals surface area contributed by atoms with Crippen molar-refractivity contribution in [1.29, 1.82) is 0 Å². The Hall–Kier alpha value is -0.810. The Labute approximate surface area is 103 Å². The molecule has 17 heavy (non-hydrogen) atoms. The summed E-state index contributed by atoms with van der Waals surface area (Å²) in [5, 5.41) is 3.33. The topological polar surface area (TPSA) is 44.8 Å². The first-order valence-corrected chi connectivity index (χ1v) is 6.67. The lowest BCUT2D eigenvalue weighted by molar-refractivity contribution is 0.0399. The fraction of sp³-hybridized carbons (Fsp3) is 0.917. The molecule has 2 amide bonds. The van der Waals surface area contributed by atoms with Gasteiger partial charge in [0.25, 0.3) is 0 Å². The third-order valence-corrected chi connectivity index (χ3v) is 3.47. The fourth-order valence-electron chi connectivity index (χ4n) is 2.52. The van der Waals surface area contributed by atoms with Gasteiger partial charge in [-0.25, -0.2) is 4.79 Å². The number of ether oxygens (including phenoxy) is 1. The molecule has 2 aliphatic rings. The summed E-state index contributed by atoms with van der Waals surface area (Å²) in [6.07, 6.45) is 2.10. The van der Waals surface area contributed by atoms with E-state index >= 15 is 0 Å². The summed E-state index contributed by atoms with van der Waals surface area (Å²) in [5.74, 6) is 0. The molecule has 0 bridgehead atoms. The highest BCUT2D eigenvalue weighted by molar-refractivity contribution is 5.75. The second-order valence-electron chi connectivity index (χ2n) is 4.72. The average Bonchev–Trinajstić information content (AvgIpc) is 2.90. The van der Waals surface area contributed by atoms with Gasteiger partial charge in [0.2, 0.25) is 0 Å². The second-order valence-corrected chi connectivity index (χ2v) is 4.72.